The fourth-order valence-electron chi connectivity index (χ4n) is 4.26. The highest BCUT2D eigenvalue weighted by molar-refractivity contribution is 7.21. The number of pyridine rings is 1. The van der Waals surface area contributed by atoms with Crippen LogP contribution in [-0.4, -0.2) is 10.9 Å². The topological polar surface area (TPSA) is 68.0 Å². The maximum Gasteiger partial charge on any atom is 0.267 e. The molecular weight excluding hydrogens is 450 g/mol. The largest absolute Gasteiger partial charge is 0.397 e. The van der Waals surface area contributed by atoms with Gasteiger partial charge in [0.1, 0.15) is 9.71 Å². The summed E-state index contributed by atoms with van der Waals surface area (Å²) in [6.45, 7) is 8.16. The fourth-order valence-corrected chi connectivity index (χ4v) is 5.27. The number of aromatic nitrogens is 1. The van der Waals surface area contributed by atoms with Crippen LogP contribution in [-0.2, 0) is 0 Å². The Morgan fingerprint density at radius 3 is 2.03 bits per heavy atom. The van der Waals surface area contributed by atoms with Gasteiger partial charge in [0, 0.05) is 16.6 Å². The zero-order valence-corrected chi connectivity index (χ0v) is 21.1. The number of thiophene rings is 1. The summed E-state index contributed by atoms with van der Waals surface area (Å²) in [4.78, 5) is 19.5. The van der Waals surface area contributed by atoms with Gasteiger partial charge in [0.05, 0.1) is 11.4 Å². The van der Waals surface area contributed by atoms with Gasteiger partial charge in [0.2, 0.25) is 0 Å². The van der Waals surface area contributed by atoms with Crippen LogP contribution >= 0.6 is 11.3 Å². The van der Waals surface area contributed by atoms with Crippen molar-refractivity contribution in [2.24, 2.45) is 0 Å². The number of anilines is 2. The first-order chi connectivity index (χ1) is 16.8. The van der Waals surface area contributed by atoms with E-state index < -0.39 is 0 Å². The Morgan fingerprint density at radius 1 is 0.800 bits per heavy atom. The Bertz CT molecular complexity index is 1560. The zero-order valence-electron chi connectivity index (χ0n) is 20.3. The lowest BCUT2D eigenvalue weighted by molar-refractivity contribution is 0.103. The number of benzene rings is 3. The molecule has 5 rings (SSSR count). The average Bonchev–Trinajstić information content (AvgIpc) is 3.18. The van der Waals surface area contributed by atoms with Crippen molar-refractivity contribution in [3.05, 3.63) is 99.9 Å². The van der Waals surface area contributed by atoms with Gasteiger partial charge in [-0.1, -0.05) is 77.4 Å². The molecule has 0 aliphatic heterocycles. The number of carbonyl (C=O) groups excluding carboxylic acids is 1. The number of nitrogens with two attached hydrogens (primary N) is 1. The predicted octanol–water partition coefficient (Wildman–Crippen LogP) is 7.70. The van der Waals surface area contributed by atoms with E-state index in [2.05, 4.69) is 79.8 Å². The number of fused-ring (bicyclic) bond motifs is 1. The first-order valence-electron chi connectivity index (χ1n) is 11.6. The number of rotatable bonds is 4. The number of aryl methyl sites for hydroxylation is 4. The van der Waals surface area contributed by atoms with Crippen LogP contribution in [0.3, 0.4) is 0 Å². The van der Waals surface area contributed by atoms with Crippen molar-refractivity contribution in [1.29, 1.82) is 0 Å². The SMILES string of the molecule is Cc1ccc(-c2cc(-c3ccc(C)cc3)c3c(N)c(C(=O)Nc4ccc(C)cc4C)sc3n2)cc1. The highest BCUT2D eigenvalue weighted by Crippen LogP contribution is 2.41. The van der Waals surface area contributed by atoms with Crippen molar-refractivity contribution in [3.8, 4) is 22.4 Å². The number of hydrogen-bond donors (Lipinski definition) is 2. The summed E-state index contributed by atoms with van der Waals surface area (Å²) in [6, 6.07) is 24.7. The average molecular weight is 478 g/mol. The summed E-state index contributed by atoms with van der Waals surface area (Å²) in [5.74, 6) is -0.218. The van der Waals surface area contributed by atoms with Crippen molar-refractivity contribution in [2.75, 3.05) is 11.1 Å². The first-order valence-corrected chi connectivity index (χ1v) is 12.4. The molecule has 174 valence electrons. The number of hydrogen-bond acceptors (Lipinski definition) is 4. The molecule has 0 fully saturated rings. The molecule has 0 radical (unpaired) electrons. The van der Waals surface area contributed by atoms with Gasteiger partial charge in [-0.05, 0) is 56.5 Å². The lowest BCUT2D eigenvalue weighted by Crippen LogP contribution is -2.12. The predicted molar refractivity (Wildman–Crippen MR) is 148 cm³/mol. The molecule has 2 heterocycles. The van der Waals surface area contributed by atoms with Crippen LogP contribution < -0.4 is 11.1 Å². The molecule has 0 saturated carbocycles. The van der Waals surface area contributed by atoms with E-state index >= 15 is 0 Å². The summed E-state index contributed by atoms with van der Waals surface area (Å²) < 4.78 is 0. The van der Waals surface area contributed by atoms with E-state index in [0.29, 0.717) is 10.6 Å². The standard InChI is InChI=1S/C30H27N3OS/c1-17-5-10-21(11-6-17)23-16-25(22-12-7-18(2)8-13-22)33-30-26(23)27(31)28(35-30)29(34)32-24-14-9-19(3)15-20(24)4/h5-16H,31H2,1-4H3,(H,32,34). The van der Waals surface area contributed by atoms with Crippen molar-refractivity contribution in [1.82, 2.24) is 4.98 Å². The van der Waals surface area contributed by atoms with Gasteiger partial charge in [-0.15, -0.1) is 11.3 Å². The van der Waals surface area contributed by atoms with Gasteiger partial charge in [0.25, 0.3) is 5.91 Å². The third-order valence-corrected chi connectivity index (χ3v) is 7.34. The summed E-state index contributed by atoms with van der Waals surface area (Å²) in [5, 5.41) is 3.86. The van der Waals surface area contributed by atoms with Crippen molar-refractivity contribution >= 4 is 38.8 Å². The molecule has 35 heavy (non-hydrogen) atoms. The Morgan fingerprint density at radius 2 is 1.40 bits per heavy atom. The monoisotopic (exact) mass is 477 g/mol. The fraction of sp³-hybridized carbons (Fsp3) is 0.133. The van der Waals surface area contributed by atoms with Crippen molar-refractivity contribution < 1.29 is 4.79 Å². The van der Waals surface area contributed by atoms with Gasteiger partial charge in [-0.2, -0.15) is 0 Å². The second-order valence-electron chi connectivity index (χ2n) is 9.08. The highest BCUT2D eigenvalue weighted by atomic mass is 32.1. The molecule has 0 aliphatic carbocycles. The number of carbonyl (C=O) groups is 1. The molecule has 3 N–H and O–H groups in total. The molecular formula is C30H27N3OS. The molecule has 1 amide bonds. The molecule has 0 unspecified atom stereocenters. The minimum atomic E-state index is -0.218. The molecule has 0 saturated heterocycles. The molecule has 4 nitrogen and oxygen atoms in total. The van der Waals surface area contributed by atoms with E-state index in [0.717, 1.165) is 49.4 Å². The quantitative estimate of drug-likeness (QED) is 0.279. The molecule has 3 aromatic carbocycles. The van der Waals surface area contributed by atoms with Crippen LogP contribution in [0.4, 0.5) is 11.4 Å². The minimum Gasteiger partial charge on any atom is -0.397 e. The molecule has 0 spiro atoms. The van der Waals surface area contributed by atoms with Gasteiger partial charge in [-0.25, -0.2) is 4.98 Å². The third-order valence-electron chi connectivity index (χ3n) is 6.25. The van der Waals surface area contributed by atoms with E-state index in [9.17, 15) is 4.79 Å². The van der Waals surface area contributed by atoms with E-state index in [1.807, 2.05) is 26.0 Å². The van der Waals surface area contributed by atoms with E-state index in [4.69, 9.17) is 10.7 Å². The van der Waals surface area contributed by atoms with Crippen molar-refractivity contribution in [3.63, 3.8) is 0 Å². The highest BCUT2D eigenvalue weighted by Gasteiger charge is 2.22. The lowest BCUT2D eigenvalue weighted by atomic mass is 9.98. The molecule has 5 heteroatoms. The van der Waals surface area contributed by atoms with Crippen LogP contribution in [0, 0.1) is 27.7 Å². The maximum atomic E-state index is 13.3. The maximum absolute atomic E-state index is 13.3. The normalized spacial score (nSPS) is 11.1. The van der Waals surface area contributed by atoms with Crippen LogP contribution in [0.2, 0.25) is 0 Å². The van der Waals surface area contributed by atoms with E-state index in [1.165, 1.54) is 22.5 Å². The summed E-state index contributed by atoms with van der Waals surface area (Å²) in [7, 11) is 0. The van der Waals surface area contributed by atoms with Crippen LogP contribution in [0.25, 0.3) is 32.6 Å². The van der Waals surface area contributed by atoms with Gasteiger partial charge in [-0.3, -0.25) is 4.79 Å². The Hall–Kier alpha value is -3.96. The number of nitrogens with one attached hydrogen (secondary N) is 1. The molecule has 2 aromatic heterocycles. The van der Waals surface area contributed by atoms with Crippen LogP contribution in [0.15, 0.2) is 72.8 Å². The Kier molecular flexibility index (Phi) is 5.87. The second kappa shape index (κ2) is 9.01. The Balaban J connectivity index is 1.66. The lowest BCUT2D eigenvalue weighted by Gasteiger charge is -2.10. The third kappa shape index (κ3) is 4.43. The molecule has 0 aliphatic rings. The number of amides is 1. The minimum absolute atomic E-state index is 0.218. The summed E-state index contributed by atoms with van der Waals surface area (Å²) in [5.41, 5.74) is 16.3. The summed E-state index contributed by atoms with van der Waals surface area (Å²) >= 11 is 1.34. The van der Waals surface area contributed by atoms with Gasteiger partial charge in [0.15, 0.2) is 0 Å². The van der Waals surface area contributed by atoms with Gasteiger partial charge >= 0.3 is 0 Å². The number of nitrogen functional groups attached to an aromatic ring is 1. The van der Waals surface area contributed by atoms with E-state index in [-0.39, 0.29) is 5.91 Å². The second-order valence-corrected chi connectivity index (χ2v) is 10.1. The first kappa shape index (κ1) is 22.8. The Labute approximate surface area is 209 Å². The molecule has 0 atom stereocenters. The van der Waals surface area contributed by atoms with E-state index in [1.54, 1.807) is 0 Å². The van der Waals surface area contributed by atoms with Crippen LogP contribution in [0.1, 0.15) is 31.9 Å². The van der Waals surface area contributed by atoms with Crippen molar-refractivity contribution in [2.45, 2.75) is 27.7 Å². The summed E-state index contributed by atoms with van der Waals surface area (Å²) in [6.07, 6.45) is 0. The molecule has 0 bridgehead atoms. The van der Waals surface area contributed by atoms with Crippen LogP contribution in [0.5, 0.6) is 0 Å². The zero-order chi connectivity index (χ0) is 24.7. The molecule has 5 aromatic rings. The van der Waals surface area contributed by atoms with Gasteiger partial charge < -0.3 is 11.1 Å². The smallest absolute Gasteiger partial charge is 0.267 e. The number of nitrogens with zero attached hydrogens (tertiary/aromatic N) is 1.